The first-order valence-electron chi connectivity index (χ1n) is 8.66. The van der Waals surface area contributed by atoms with E-state index in [9.17, 15) is 9.90 Å². The first-order valence-corrected chi connectivity index (χ1v) is 9.04. The molecule has 1 aromatic heterocycles. The molecule has 5 nitrogen and oxygen atoms in total. The molecule has 0 radical (unpaired) electrons. The van der Waals surface area contributed by atoms with E-state index in [1.165, 1.54) is 0 Å². The van der Waals surface area contributed by atoms with Crippen molar-refractivity contribution in [3.05, 3.63) is 69.3 Å². The van der Waals surface area contributed by atoms with E-state index in [2.05, 4.69) is 9.56 Å². The Kier molecular flexibility index (Phi) is 5.24. The Morgan fingerprint density at radius 2 is 1.93 bits per heavy atom. The fraction of sp³-hybridized carbons (Fsp3) is 0.238. The van der Waals surface area contributed by atoms with Gasteiger partial charge < -0.3 is 14.4 Å². The first-order chi connectivity index (χ1) is 12.8. The van der Waals surface area contributed by atoms with Gasteiger partial charge >= 0.3 is 5.97 Å². The molecule has 0 bridgehead atoms. The minimum absolute atomic E-state index is 0.120. The summed E-state index contributed by atoms with van der Waals surface area (Å²) in [6.07, 6.45) is 1.78. The summed E-state index contributed by atoms with van der Waals surface area (Å²) >= 11 is 5.98. The van der Waals surface area contributed by atoms with Crippen LogP contribution in [0.1, 0.15) is 30.8 Å². The molecule has 1 aliphatic heterocycles. The average Bonchev–Trinajstić information content (AvgIpc) is 3.05. The Morgan fingerprint density at radius 1 is 1.26 bits per heavy atom. The van der Waals surface area contributed by atoms with Gasteiger partial charge in [0, 0.05) is 22.1 Å². The number of aliphatic hydroxyl groups excluding tert-OH is 1. The second-order valence-electron chi connectivity index (χ2n) is 6.31. The van der Waals surface area contributed by atoms with Gasteiger partial charge in [-0.1, -0.05) is 11.6 Å². The predicted octanol–water partition coefficient (Wildman–Crippen LogP) is 4.94. The molecule has 2 aromatic rings. The van der Waals surface area contributed by atoms with Gasteiger partial charge in [0.2, 0.25) is 0 Å². The van der Waals surface area contributed by atoms with Gasteiger partial charge in [-0.2, -0.15) is 0 Å². The number of hydrogen-bond acceptors (Lipinski definition) is 4. The van der Waals surface area contributed by atoms with E-state index < -0.39 is 5.97 Å². The second kappa shape index (κ2) is 7.45. The van der Waals surface area contributed by atoms with Crippen LogP contribution in [-0.2, 0) is 9.53 Å². The summed E-state index contributed by atoms with van der Waals surface area (Å²) in [7, 11) is 0. The van der Waals surface area contributed by atoms with Crippen LogP contribution in [0.4, 0.5) is 0 Å². The molecule has 27 heavy (non-hydrogen) atoms. The molecular formula is C21H21ClN2O3. The molecule has 0 amide bonds. The third kappa shape index (κ3) is 3.55. The Morgan fingerprint density at radius 3 is 2.56 bits per heavy atom. The van der Waals surface area contributed by atoms with Crippen molar-refractivity contribution < 1.29 is 14.6 Å². The zero-order chi connectivity index (χ0) is 19.7. The number of rotatable bonds is 4. The number of aryl methyl sites for hydroxylation is 1. The fourth-order valence-corrected chi connectivity index (χ4v) is 3.33. The van der Waals surface area contributed by atoms with Crippen LogP contribution in [0.2, 0.25) is 5.02 Å². The lowest BCUT2D eigenvalue weighted by atomic mass is 10.1. The Hall–Kier alpha value is -2.79. The molecule has 140 valence electrons. The lowest BCUT2D eigenvalue weighted by Crippen LogP contribution is -2.13. The second-order valence-corrected chi connectivity index (χ2v) is 6.75. The number of esters is 1. The molecule has 0 saturated heterocycles. The summed E-state index contributed by atoms with van der Waals surface area (Å²) < 4.78 is 7.10. The maximum atomic E-state index is 12.0. The van der Waals surface area contributed by atoms with Gasteiger partial charge in [-0.05, 0) is 69.7 Å². The maximum absolute atomic E-state index is 12.0. The molecule has 1 aromatic carbocycles. The number of nitrogens with zero attached hydrogens (tertiary/aromatic N) is 2. The Bertz CT molecular complexity index is 995. The third-order valence-electron chi connectivity index (χ3n) is 4.46. The van der Waals surface area contributed by atoms with Crippen LogP contribution >= 0.6 is 11.6 Å². The lowest BCUT2D eigenvalue weighted by molar-refractivity contribution is -0.138. The maximum Gasteiger partial charge on any atom is 0.343 e. The molecule has 0 saturated carbocycles. The topological polar surface area (TPSA) is 63.8 Å². The van der Waals surface area contributed by atoms with E-state index in [0.29, 0.717) is 16.4 Å². The van der Waals surface area contributed by atoms with E-state index >= 15 is 0 Å². The van der Waals surface area contributed by atoms with Gasteiger partial charge in [0.1, 0.15) is 11.3 Å². The van der Waals surface area contributed by atoms with E-state index in [4.69, 9.17) is 16.3 Å². The number of aromatic nitrogens is 1. The standard InChI is InChI=1S/C21H21ClN2O3/c1-5-27-21(26)19-13(3)23-18(20(19)25)11-15-10-12(2)24(14(15)4)17-8-6-16(22)7-9-17/h6-11,25H,5H2,1-4H3. The molecule has 2 heterocycles. The van der Waals surface area contributed by atoms with Gasteiger partial charge in [-0.15, -0.1) is 0 Å². The highest BCUT2D eigenvalue weighted by Gasteiger charge is 2.27. The zero-order valence-electron chi connectivity index (χ0n) is 15.7. The SMILES string of the molecule is CCOC(=O)C1=C(O)C(=Cc2cc(C)n(-c3ccc(Cl)cc3)c2C)N=C1C. The van der Waals surface area contributed by atoms with Gasteiger partial charge in [0.25, 0.3) is 0 Å². The summed E-state index contributed by atoms with van der Waals surface area (Å²) in [6, 6.07) is 9.61. The molecule has 0 fully saturated rings. The minimum Gasteiger partial charge on any atom is -0.505 e. The number of carbonyl (C=O) groups is 1. The average molecular weight is 385 g/mol. The smallest absolute Gasteiger partial charge is 0.343 e. The van der Waals surface area contributed by atoms with Gasteiger partial charge in [0.15, 0.2) is 5.76 Å². The predicted molar refractivity (Wildman–Crippen MR) is 108 cm³/mol. The van der Waals surface area contributed by atoms with Crippen molar-refractivity contribution in [1.29, 1.82) is 0 Å². The van der Waals surface area contributed by atoms with Crippen LogP contribution in [0.3, 0.4) is 0 Å². The summed E-state index contributed by atoms with van der Waals surface area (Å²) in [4.78, 5) is 16.4. The highest BCUT2D eigenvalue weighted by atomic mass is 35.5. The van der Waals surface area contributed by atoms with Crippen LogP contribution < -0.4 is 0 Å². The fourth-order valence-electron chi connectivity index (χ4n) is 3.21. The van der Waals surface area contributed by atoms with Crippen LogP contribution in [0.5, 0.6) is 0 Å². The molecule has 3 rings (SSSR count). The largest absolute Gasteiger partial charge is 0.505 e. The van der Waals surface area contributed by atoms with Crippen molar-refractivity contribution in [3.8, 4) is 5.69 Å². The quantitative estimate of drug-likeness (QED) is 0.759. The number of benzene rings is 1. The van der Waals surface area contributed by atoms with E-state index in [1.54, 1.807) is 19.9 Å². The molecule has 6 heteroatoms. The number of ether oxygens (including phenoxy) is 1. The van der Waals surface area contributed by atoms with Crippen molar-refractivity contribution in [2.75, 3.05) is 6.61 Å². The van der Waals surface area contributed by atoms with Crippen LogP contribution in [0, 0.1) is 13.8 Å². The number of carbonyl (C=O) groups excluding carboxylic acids is 1. The molecule has 0 atom stereocenters. The Balaban J connectivity index is 2.03. The first kappa shape index (κ1) is 19.0. The normalized spacial score (nSPS) is 15.4. The molecule has 1 N–H and O–H groups in total. The molecule has 0 unspecified atom stereocenters. The van der Waals surface area contributed by atoms with E-state index in [0.717, 1.165) is 22.6 Å². The molecule has 0 spiro atoms. The number of hydrogen-bond donors (Lipinski definition) is 1. The van der Waals surface area contributed by atoms with Gasteiger partial charge in [-0.3, -0.25) is 0 Å². The van der Waals surface area contributed by atoms with Crippen molar-refractivity contribution in [3.63, 3.8) is 0 Å². The van der Waals surface area contributed by atoms with Crippen LogP contribution in [0.15, 0.2) is 52.4 Å². The summed E-state index contributed by atoms with van der Waals surface area (Å²) in [5.74, 6) is -0.714. The Labute approximate surface area is 163 Å². The lowest BCUT2D eigenvalue weighted by Gasteiger charge is -2.09. The van der Waals surface area contributed by atoms with Gasteiger partial charge in [0.05, 0.1) is 12.3 Å². The van der Waals surface area contributed by atoms with E-state index in [-0.39, 0.29) is 17.9 Å². The number of aliphatic imine (C=N–C) groups is 1. The molecule has 1 aliphatic rings. The van der Waals surface area contributed by atoms with Crippen molar-refractivity contribution >= 4 is 29.4 Å². The summed E-state index contributed by atoms with van der Waals surface area (Å²) in [5, 5.41) is 11.1. The van der Waals surface area contributed by atoms with Crippen molar-refractivity contribution in [2.24, 2.45) is 4.99 Å². The number of aliphatic hydroxyl groups is 1. The summed E-state index contributed by atoms with van der Waals surface area (Å²) in [5.41, 5.74) is 4.86. The third-order valence-corrected chi connectivity index (χ3v) is 4.71. The summed E-state index contributed by atoms with van der Waals surface area (Å²) in [6.45, 7) is 7.64. The highest BCUT2D eigenvalue weighted by molar-refractivity contribution is 6.30. The zero-order valence-corrected chi connectivity index (χ0v) is 16.5. The minimum atomic E-state index is -0.564. The number of halogens is 1. The van der Waals surface area contributed by atoms with Crippen molar-refractivity contribution in [1.82, 2.24) is 4.57 Å². The highest BCUT2D eigenvalue weighted by Crippen LogP contribution is 2.29. The monoisotopic (exact) mass is 384 g/mol. The van der Waals surface area contributed by atoms with Crippen LogP contribution in [-0.4, -0.2) is 28.0 Å². The van der Waals surface area contributed by atoms with Crippen molar-refractivity contribution in [2.45, 2.75) is 27.7 Å². The molecule has 0 aliphatic carbocycles. The van der Waals surface area contributed by atoms with E-state index in [1.807, 2.05) is 44.2 Å². The van der Waals surface area contributed by atoms with Crippen LogP contribution in [0.25, 0.3) is 11.8 Å². The van der Waals surface area contributed by atoms with Gasteiger partial charge in [-0.25, -0.2) is 9.79 Å². The molecular weight excluding hydrogens is 364 g/mol.